The molecule has 0 aliphatic carbocycles. The van der Waals surface area contributed by atoms with Crippen molar-refractivity contribution in [3.63, 3.8) is 0 Å². The molecule has 212 valence electrons. The third-order valence-electron chi connectivity index (χ3n) is 6.76. The van der Waals surface area contributed by atoms with Gasteiger partial charge in [0.25, 0.3) is 0 Å². The van der Waals surface area contributed by atoms with Gasteiger partial charge < -0.3 is 14.4 Å². The molecular weight excluding hydrogens is 534 g/mol. The summed E-state index contributed by atoms with van der Waals surface area (Å²) in [7, 11) is 0. The molecule has 5 nitrogen and oxygen atoms in total. The normalized spacial score (nSPS) is 10.5. The molecule has 0 spiro atoms. The summed E-state index contributed by atoms with van der Waals surface area (Å²) in [5.41, 5.74) is 7.80. The average Bonchev–Trinajstić information content (AvgIpc) is 3.03. The summed E-state index contributed by atoms with van der Waals surface area (Å²) in [6.45, 7) is 10.5. The Balaban J connectivity index is 1.45. The Morgan fingerprint density at radius 1 is 0.465 bits per heavy atom. The minimum absolute atomic E-state index is 0.340. The highest BCUT2D eigenvalue weighted by Crippen LogP contribution is 2.37. The lowest BCUT2D eigenvalue weighted by Crippen LogP contribution is -2.11. The highest BCUT2D eigenvalue weighted by atomic mass is 16.5. The number of rotatable bonds is 9. The molecule has 0 aromatic heterocycles. The van der Waals surface area contributed by atoms with Gasteiger partial charge in [0.1, 0.15) is 11.5 Å². The number of nitrogens with zero attached hydrogens (tertiary/aromatic N) is 1. The van der Waals surface area contributed by atoms with Crippen LogP contribution in [0.4, 0.5) is 17.1 Å². The van der Waals surface area contributed by atoms with Crippen LogP contribution in [0.2, 0.25) is 0 Å². The number of anilines is 3. The number of benzene rings is 5. The maximum atomic E-state index is 12.0. The van der Waals surface area contributed by atoms with Crippen molar-refractivity contribution in [1.82, 2.24) is 0 Å². The molecule has 5 rings (SSSR count). The zero-order chi connectivity index (χ0) is 30.3. The highest BCUT2D eigenvalue weighted by Gasteiger charge is 2.15. The van der Waals surface area contributed by atoms with Crippen LogP contribution in [-0.2, 0) is 9.59 Å². The van der Waals surface area contributed by atoms with Gasteiger partial charge in [-0.2, -0.15) is 0 Å². The van der Waals surface area contributed by atoms with Crippen molar-refractivity contribution in [2.45, 2.75) is 13.8 Å². The fourth-order valence-electron chi connectivity index (χ4n) is 4.45. The van der Waals surface area contributed by atoms with Gasteiger partial charge in [-0.1, -0.05) is 79.9 Å². The van der Waals surface area contributed by atoms with Gasteiger partial charge in [-0.3, -0.25) is 0 Å². The van der Waals surface area contributed by atoms with Crippen molar-refractivity contribution in [2.75, 3.05) is 4.90 Å². The van der Waals surface area contributed by atoms with E-state index in [1.165, 1.54) is 0 Å². The van der Waals surface area contributed by atoms with Gasteiger partial charge in [-0.05, 0) is 96.8 Å². The van der Waals surface area contributed by atoms with Gasteiger partial charge in [0.15, 0.2) is 0 Å². The Bertz CT molecular complexity index is 1750. The van der Waals surface area contributed by atoms with Gasteiger partial charge in [0, 0.05) is 28.2 Å². The Morgan fingerprint density at radius 2 is 0.767 bits per heavy atom. The van der Waals surface area contributed by atoms with E-state index in [2.05, 4.69) is 78.7 Å². The minimum Gasteiger partial charge on any atom is -0.423 e. The lowest BCUT2D eigenvalue weighted by atomic mass is 10.0. The van der Waals surface area contributed by atoms with Gasteiger partial charge in [0.2, 0.25) is 0 Å². The molecular formula is C38H31NO4. The Kier molecular flexibility index (Phi) is 8.63. The third-order valence-corrected chi connectivity index (χ3v) is 6.76. The van der Waals surface area contributed by atoms with E-state index >= 15 is 0 Å². The van der Waals surface area contributed by atoms with Crippen molar-refractivity contribution >= 4 is 29.0 Å². The number of esters is 2. The average molecular weight is 566 g/mol. The van der Waals surface area contributed by atoms with E-state index in [0.717, 1.165) is 39.3 Å². The number of ether oxygens (including phenoxy) is 2. The molecule has 0 N–H and O–H groups in total. The highest BCUT2D eigenvalue weighted by molar-refractivity contribution is 5.89. The molecule has 0 fully saturated rings. The van der Waals surface area contributed by atoms with Crippen LogP contribution in [0.15, 0.2) is 152 Å². The third kappa shape index (κ3) is 6.97. The maximum absolute atomic E-state index is 12.0. The fourth-order valence-corrected chi connectivity index (χ4v) is 4.45. The van der Waals surface area contributed by atoms with E-state index in [1.807, 2.05) is 42.5 Å². The van der Waals surface area contributed by atoms with Crippen LogP contribution >= 0.6 is 0 Å². The summed E-state index contributed by atoms with van der Waals surface area (Å²) < 4.78 is 10.7. The molecule has 0 saturated carbocycles. The van der Waals surface area contributed by atoms with Crippen LogP contribution in [0.1, 0.15) is 13.8 Å². The second-order valence-electron chi connectivity index (χ2n) is 10.2. The molecule has 0 saturated heterocycles. The molecule has 0 atom stereocenters. The van der Waals surface area contributed by atoms with Crippen molar-refractivity contribution < 1.29 is 19.1 Å². The van der Waals surface area contributed by atoms with Gasteiger partial charge in [-0.15, -0.1) is 0 Å². The van der Waals surface area contributed by atoms with Crippen LogP contribution in [0.5, 0.6) is 11.5 Å². The summed E-state index contributed by atoms with van der Waals surface area (Å²) in [4.78, 5) is 26.0. The predicted octanol–water partition coefficient (Wildman–Crippen LogP) is 9.45. The summed E-state index contributed by atoms with van der Waals surface area (Å²) in [5, 5.41) is 0. The van der Waals surface area contributed by atoms with Crippen molar-refractivity contribution in [3.8, 4) is 33.8 Å². The molecule has 0 bridgehead atoms. The molecule has 0 aliphatic rings. The zero-order valence-corrected chi connectivity index (χ0v) is 24.1. The first-order valence-electron chi connectivity index (χ1n) is 13.8. The monoisotopic (exact) mass is 565 g/mol. The lowest BCUT2D eigenvalue weighted by molar-refractivity contribution is -0.130. The van der Waals surface area contributed by atoms with E-state index in [0.29, 0.717) is 22.6 Å². The molecule has 0 amide bonds. The van der Waals surface area contributed by atoms with E-state index in [9.17, 15) is 9.59 Å². The first-order chi connectivity index (χ1) is 20.8. The maximum Gasteiger partial charge on any atom is 0.338 e. The molecule has 0 aliphatic heterocycles. The zero-order valence-electron chi connectivity index (χ0n) is 24.1. The quantitative estimate of drug-likeness (QED) is 0.101. The van der Waals surface area contributed by atoms with Crippen LogP contribution < -0.4 is 14.4 Å². The molecule has 0 radical (unpaired) electrons. The van der Waals surface area contributed by atoms with Crippen molar-refractivity contribution in [1.29, 1.82) is 0 Å². The molecule has 5 aromatic rings. The first-order valence-corrected chi connectivity index (χ1v) is 13.8. The summed E-state index contributed by atoms with van der Waals surface area (Å²) in [6, 6.07) is 41.7. The second kappa shape index (κ2) is 12.9. The number of hydrogen-bond donors (Lipinski definition) is 0. The Morgan fingerprint density at radius 3 is 1.14 bits per heavy atom. The number of hydrogen-bond acceptors (Lipinski definition) is 5. The van der Waals surface area contributed by atoms with E-state index in [-0.39, 0.29) is 0 Å². The van der Waals surface area contributed by atoms with Gasteiger partial charge in [0.05, 0.1) is 0 Å². The Labute approximate surface area is 252 Å². The van der Waals surface area contributed by atoms with E-state index < -0.39 is 11.9 Å². The smallest absolute Gasteiger partial charge is 0.338 e. The second-order valence-corrected chi connectivity index (χ2v) is 10.2. The van der Waals surface area contributed by atoms with Gasteiger partial charge >= 0.3 is 11.9 Å². The molecule has 0 heterocycles. The van der Waals surface area contributed by atoms with Crippen molar-refractivity contribution in [3.05, 3.63) is 152 Å². The van der Waals surface area contributed by atoms with Crippen LogP contribution in [0, 0.1) is 0 Å². The molecule has 0 unspecified atom stereocenters. The fraction of sp³-hybridized carbons (Fsp3) is 0.0526. The molecule has 5 aromatic carbocycles. The van der Waals surface area contributed by atoms with Crippen LogP contribution in [0.25, 0.3) is 22.3 Å². The van der Waals surface area contributed by atoms with Crippen LogP contribution in [-0.4, -0.2) is 11.9 Å². The van der Waals surface area contributed by atoms with Crippen molar-refractivity contribution in [2.24, 2.45) is 0 Å². The summed E-state index contributed by atoms with van der Waals surface area (Å²) in [5.74, 6) is 0.00874. The van der Waals surface area contributed by atoms with E-state index in [4.69, 9.17) is 9.47 Å². The standard InChI is InChI=1S/C38H31NO4/c1-26(2)37(40)42-35-22-14-31(15-23-35)30-12-18-33(19-13-30)39(34-20-24-36(25-21-34)43-38(41)27(3)4)32-16-10-29(11-17-32)28-8-6-5-7-9-28/h5-25H,1,3H2,2,4H3. The SMILES string of the molecule is C=C(C)C(=O)Oc1ccc(-c2ccc(N(c3ccc(OC(=O)C(=C)C)cc3)c3ccc(-c4ccccc4)cc3)cc2)cc1. The first kappa shape index (κ1) is 28.8. The lowest BCUT2D eigenvalue weighted by Gasteiger charge is -2.26. The summed E-state index contributed by atoms with van der Waals surface area (Å²) >= 11 is 0. The topological polar surface area (TPSA) is 55.8 Å². The molecule has 43 heavy (non-hydrogen) atoms. The Hall–Kier alpha value is -5.68. The van der Waals surface area contributed by atoms with Gasteiger partial charge in [-0.25, -0.2) is 9.59 Å². The largest absolute Gasteiger partial charge is 0.423 e. The predicted molar refractivity (Wildman–Crippen MR) is 173 cm³/mol. The van der Waals surface area contributed by atoms with E-state index in [1.54, 1.807) is 38.1 Å². The number of carbonyl (C=O) groups is 2. The number of carbonyl (C=O) groups excluding carboxylic acids is 2. The summed E-state index contributed by atoms with van der Waals surface area (Å²) in [6.07, 6.45) is 0. The molecule has 5 heteroatoms. The van der Waals surface area contributed by atoms with Crippen LogP contribution in [0.3, 0.4) is 0 Å². The minimum atomic E-state index is -0.460.